The third kappa shape index (κ3) is 2.98. The number of nitrogens with zero attached hydrogens (tertiary/aromatic N) is 2. The molecule has 0 aliphatic heterocycles. The van der Waals surface area contributed by atoms with E-state index in [1.165, 1.54) is 0 Å². The van der Waals surface area contributed by atoms with Crippen molar-refractivity contribution in [3.05, 3.63) is 16.4 Å². The molecule has 0 bridgehead atoms. The van der Waals surface area contributed by atoms with E-state index in [9.17, 15) is 4.79 Å². The molecule has 1 amide bonds. The number of carbonyl (C=O) groups is 1. The van der Waals surface area contributed by atoms with Crippen molar-refractivity contribution in [3.8, 4) is 0 Å². The first-order chi connectivity index (χ1) is 7.79. The van der Waals surface area contributed by atoms with Gasteiger partial charge in [0, 0.05) is 13.1 Å². The second kappa shape index (κ2) is 5.06. The molecule has 0 saturated heterocycles. The summed E-state index contributed by atoms with van der Waals surface area (Å²) in [6, 6.07) is 0. The Bertz CT molecular complexity index is 425. The highest BCUT2D eigenvalue weighted by atomic mass is 35.5. The Morgan fingerprint density at radius 2 is 2.18 bits per heavy atom. The molecule has 0 radical (unpaired) electrons. The van der Waals surface area contributed by atoms with Gasteiger partial charge in [0.25, 0.3) is 0 Å². The normalized spacial score (nSPS) is 11.8. The van der Waals surface area contributed by atoms with Gasteiger partial charge in [-0.05, 0) is 27.7 Å². The Balaban J connectivity index is 2.86. The minimum atomic E-state index is -0.764. The Kier molecular flexibility index (Phi) is 4.16. The van der Waals surface area contributed by atoms with Crippen molar-refractivity contribution in [3.63, 3.8) is 0 Å². The predicted molar refractivity (Wildman–Crippen MR) is 67.8 cm³/mol. The summed E-state index contributed by atoms with van der Waals surface area (Å²) in [5.41, 5.74) is 6.20. The number of primary amides is 1. The summed E-state index contributed by atoms with van der Waals surface area (Å²) < 4.78 is 1.82. The fourth-order valence-corrected chi connectivity index (χ4v) is 1.63. The summed E-state index contributed by atoms with van der Waals surface area (Å²) in [5, 5.41) is 8.03. The van der Waals surface area contributed by atoms with Crippen LogP contribution in [0.1, 0.15) is 32.2 Å². The van der Waals surface area contributed by atoms with Crippen LogP contribution in [0, 0.1) is 6.92 Å². The SMILES string of the molecule is CCn1nc(C)c(Cl)c1CNC(C)(C)C(N)=O. The van der Waals surface area contributed by atoms with Crippen LogP contribution in [0.25, 0.3) is 0 Å². The van der Waals surface area contributed by atoms with Gasteiger partial charge < -0.3 is 5.73 Å². The van der Waals surface area contributed by atoms with Crippen molar-refractivity contribution in [1.29, 1.82) is 0 Å². The number of aromatic nitrogens is 2. The van der Waals surface area contributed by atoms with Crippen LogP contribution in [-0.2, 0) is 17.9 Å². The van der Waals surface area contributed by atoms with Crippen LogP contribution < -0.4 is 11.1 Å². The first-order valence-corrected chi connectivity index (χ1v) is 5.94. The van der Waals surface area contributed by atoms with Crippen molar-refractivity contribution >= 4 is 17.5 Å². The summed E-state index contributed by atoms with van der Waals surface area (Å²) in [6.45, 7) is 8.53. The van der Waals surface area contributed by atoms with Crippen molar-refractivity contribution < 1.29 is 4.79 Å². The Morgan fingerprint density at radius 3 is 2.65 bits per heavy atom. The zero-order valence-corrected chi connectivity index (χ0v) is 11.4. The zero-order chi connectivity index (χ0) is 13.2. The van der Waals surface area contributed by atoms with Crippen LogP contribution in [0.2, 0.25) is 5.02 Å². The van der Waals surface area contributed by atoms with Gasteiger partial charge in [0.2, 0.25) is 5.91 Å². The number of halogens is 1. The van der Waals surface area contributed by atoms with Crippen LogP contribution >= 0.6 is 11.6 Å². The minimum Gasteiger partial charge on any atom is -0.368 e. The van der Waals surface area contributed by atoms with E-state index in [4.69, 9.17) is 17.3 Å². The Labute approximate surface area is 106 Å². The van der Waals surface area contributed by atoms with Crippen LogP contribution in [0.4, 0.5) is 0 Å². The smallest absolute Gasteiger partial charge is 0.237 e. The van der Waals surface area contributed by atoms with Gasteiger partial charge in [-0.3, -0.25) is 14.8 Å². The van der Waals surface area contributed by atoms with Gasteiger partial charge in [-0.2, -0.15) is 5.10 Å². The van der Waals surface area contributed by atoms with Crippen LogP contribution in [0.3, 0.4) is 0 Å². The van der Waals surface area contributed by atoms with E-state index < -0.39 is 11.4 Å². The lowest BCUT2D eigenvalue weighted by Crippen LogP contribution is -2.50. The molecule has 0 unspecified atom stereocenters. The number of nitrogens with two attached hydrogens (primary N) is 1. The van der Waals surface area contributed by atoms with Gasteiger partial charge in [0.15, 0.2) is 0 Å². The molecule has 6 heteroatoms. The average molecular weight is 259 g/mol. The summed E-state index contributed by atoms with van der Waals surface area (Å²) >= 11 is 6.16. The molecule has 1 heterocycles. The van der Waals surface area contributed by atoms with Crippen molar-refractivity contribution in [2.45, 2.75) is 46.3 Å². The highest BCUT2D eigenvalue weighted by Gasteiger charge is 2.25. The lowest BCUT2D eigenvalue weighted by Gasteiger charge is -2.22. The summed E-state index contributed by atoms with van der Waals surface area (Å²) in [6.07, 6.45) is 0. The summed E-state index contributed by atoms with van der Waals surface area (Å²) in [4.78, 5) is 11.2. The second-order valence-corrected chi connectivity index (χ2v) is 4.88. The van der Waals surface area contributed by atoms with Crippen LogP contribution in [0.15, 0.2) is 0 Å². The van der Waals surface area contributed by atoms with E-state index in [-0.39, 0.29) is 0 Å². The van der Waals surface area contributed by atoms with Crippen LogP contribution in [0.5, 0.6) is 0 Å². The molecular weight excluding hydrogens is 240 g/mol. The highest BCUT2D eigenvalue weighted by molar-refractivity contribution is 6.31. The number of hydrogen-bond acceptors (Lipinski definition) is 3. The number of amides is 1. The topological polar surface area (TPSA) is 72.9 Å². The number of aryl methyl sites for hydroxylation is 2. The second-order valence-electron chi connectivity index (χ2n) is 4.50. The van der Waals surface area contributed by atoms with Crippen molar-refractivity contribution in [2.75, 3.05) is 0 Å². The molecule has 0 fully saturated rings. The minimum absolute atomic E-state index is 0.395. The van der Waals surface area contributed by atoms with Crippen molar-refractivity contribution in [1.82, 2.24) is 15.1 Å². The van der Waals surface area contributed by atoms with E-state index in [0.29, 0.717) is 11.6 Å². The highest BCUT2D eigenvalue weighted by Crippen LogP contribution is 2.20. The van der Waals surface area contributed by atoms with Gasteiger partial charge in [-0.25, -0.2) is 0 Å². The monoisotopic (exact) mass is 258 g/mol. The van der Waals surface area contributed by atoms with Crippen LogP contribution in [-0.4, -0.2) is 21.2 Å². The first kappa shape index (κ1) is 14.0. The molecule has 0 aliphatic carbocycles. The molecule has 0 spiro atoms. The van der Waals surface area contributed by atoms with E-state index in [1.54, 1.807) is 13.8 Å². The molecule has 96 valence electrons. The van der Waals surface area contributed by atoms with Gasteiger partial charge >= 0.3 is 0 Å². The molecule has 0 aromatic carbocycles. The maximum Gasteiger partial charge on any atom is 0.237 e. The number of carbonyl (C=O) groups excluding carboxylic acids is 1. The molecule has 1 rings (SSSR count). The zero-order valence-electron chi connectivity index (χ0n) is 10.7. The third-order valence-corrected chi connectivity index (χ3v) is 3.26. The number of hydrogen-bond donors (Lipinski definition) is 2. The predicted octanol–water partition coefficient (Wildman–Crippen LogP) is 1.22. The van der Waals surface area contributed by atoms with Gasteiger partial charge in [-0.1, -0.05) is 11.6 Å². The standard InChI is InChI=1S/C11H19ClN4O/c1-5-16-8(9(12)7(2)15-16)6-14-11(3,4)10(13)17/h14H,5-6H2,1-4H3,(H2,13,17). The Hall–Kier alpha value is -1.07. The summed E-state index contributed by atoms with van der Waals surface area (Å²) in [7, 11) is 0. The van der Waals surface area contributed by atoms with E-state index in [0.717, 1.165) is 17.9 Å². The number of nitrogens with one attached hydrogen (secondary N) is 1. The third-order valence-electron chi connectivity index (χ3n) is 2.77. The Morgan fingerprint density at radius 1 is 1.59 bits per heavy atom. The molecule has 1 aromatic rings. The molecule has 17 heavy (non-hydrogen) atoms. The fraction of sp³-hybridized carbons (Fsp3) is 0.636. The molecule has 0 atom stereocenters. The first-order valence-electron chi connectivity index (χ1n) is 5.56. The van der Waals surface area contributed by atoms with Crippen molar-refractivity contribution in [2.24, 2.45) is 5.73 Å². The molecule has 3 N–H and O–H groups in total. The lowest BCUT2D eigenvalue weighted by molar-refractivity contribution is -0.123. The largest absolute Gasteiger partial charge is 0.368 e. The molecule has 0 aliphatic rings. The molecule has 0 saturated carbocycles. The van der Waals surface area contributed by atoms with E-state index >= 15 is 0 Å². The fourth-order valence-electron chi connectivity index (χ4n) is 1.43. The van der Waals surface area contributed by atoms with E-state index in [1.807, 2.05) is 18.5 Å². The maximum atomic E-state index is 11.2. The quantitative estimate of drug-likeness (QED) is 0.834. The van der Waals surface area contributed by atoms with Gasteiger partial charge in [-0.15, -0.1) is 0 Å². The summed E-state index contributed by atoms with van der Waals surface area (Å²) in [5.74, 6) is -0.395. The maximum absolute atomic E-state index is 11.2. The molecular formula is C11H19ClN4O. The average Bonchev–Trinajstić information content (AvgIpc) is 2.52. The number of rotatable bonds is 5. The lowest BCUT2D eigenvalue weighted by atomic mass is 10.1. The molecule has 1 aromatic heterocycles. The molecule has 5 nitrogen and oxygen atoms in total. The van der Waals surface area contributed by atoms with E-state index in [2.05, 4.69) is 10.4 Å². The van der Waals surface area contributed by atoms with Gasteiger partial charge in [0.05, 0.1) is 21.9 Å². The van der Waals surface area contributed by atoms with Gasteiger partial charge in [0.1, 0.15) is 0 Å².